The van der Waals surface area contributed by atoms with Gasteiger partial charge in [0.05, 0.1) is 13.7 Å². The third kappa shape index (κ3) is 7.01. The molecule has 2 N–H and O–H groups in total. The number of rotatable bonds is 6. The zero-order valence-electron chi connectivity index (χ0n) is 26.5. The highest BCUT2D eigenvalue weighted by molar-refractivity contribution is 7.13. The van der Waals surface area contributed by atoms with Crippen LogP contribution >= 0.6 is 11.3 Å². The quantitative estimate of drug-likeness (QED) is 0.214. The van der Waals surface area contributed by atoms with Crippen LogP contribution in [0.15, 0.2) is 47.8 Å². The number of hydrogen-bond donors (Lipinski definition) is 2. The predicted octanol–water partition coefficient (Wildman–Crippen LogP) is 7.40. The van der Waals surface area contributed by atoms with Crippen molar-refractivity contribution in [3.63, 3.8) is 0 Å². The second-order valence-corrected chi connectivity index (χ2v) is 12.9. The molecule has 2 aromatic carbocycles. The highest BCUT2D eigenvalue weighted by Gasteiger charge is 2.26. The van der Waals surface area contributed by atoms with Crippen LogP contribution in [-0.4, -0.2) is 42.3 Å². The molecule has 2 aromatic heterocycles. The van der Waals surface area contributed by atoms with E-state index < -0.39 is 17.7 Å². The summed E-state index contributed by atoms with van der Waals surface area (Å²) in [6, 6.07) is 13.2. The molecule has 3 heterocycles. The maximum Gasteiger partial charge on any atom is 0.407 e. The van der Waals surface area contributed by atoms with Gasteiger partial charge < -0.3 is 24.8 Å². The molecule has 0 bridgehead atoms. The van der Waals surface area contributed by atoms with Crippen molar-refractivity contribution in [2.24, 2.45) is 0 Å². The lowest BCUT2D eigenvalue weighted by atomic mass is 9.93. The van der Waals surface area contributed by atoms with E-state index >= 15 is 0 Å². The van der Waals surface area contributed by atoms with Gasteiger partial charge in [0.15, 0.2) is 5.69 Å². The molecule has 0 spiro atoms. The fourth-order valence-corrected chi connectivity index (χ4v) is 6.35. The lowest BCUT2D eigenvalue weighted by Crippen LogP contribution is -2.32. The van der Waals surface area contributed by atoms with Gasteiger partial charge in [0.25, 0.3) is 5.91 Å². The van der Waals surface area contributed by atoms with Crippen LogP contribution in [0.3, 0.4) is 0 Å². The Morgan fingerprint density at radius 3 is 2.40 bits per heavy atom. The van der Waals surface area contributed by atoms with Crippen LogP contribution in [-0.2, 0) is 22.4 Å². The highest BCUT2D eigenvalue weighted by Crippen LogP contribution is 2.43. The molecular weight excluding hydrogens is 590 g/mol. The number of fused-ring (bicyclic) bond motifs is 3. The summed E-state index contributed by atoms with van der Waals surface area (Å²) in [5.74, 6) is -0.315. The third-order valence-electron chi connectivity index (χ3n) is 7.35. The minimum absolute atomic E-state index is 0.117. The van der Waals surface area contributed by atoms with Gasteiger partial charge in [-0.05, 0) is 93.4 Å². The number of carbonyl (C=O) groups excluding carboxylic acids is 3. The van der Waals surface area contributed by atoms with E-state index in [0.717, 1.165) is 39.1 Å². The molecule has 9 nitrogen and oxygen atoms in total. The molecule has 0 saturated heterocycles. The van der Waals surface area contributed by atoms with Crippen LogP contribution in [0.1, 0.15) is 69.6 Å². The summed E-state index contributed by atoms with van der Waals surface area (Å²) in [5.41, 5.74) is 6.68. The van der Waals surface area contributed by atoms with Crippen molar-refractivity contribution >= 4 is 35.0 Å². The van der Waals surface area contributed by atoms with Gasteiger partial charge in [-0.25, -0.2) is 14.6 Å². The SMILES string of the molecule is COC(=O)c1nc(C)ccc1-c1cc2c(cc1C(=O)Nc1c(C)cc(CNC(=O)OC(C)(C)C)cc1C)-c1sccc1CCO2. The molecule has 0 radical (unpaired) electrons. The maximum absolute atomic E-state index is 14.2. The molecule has 1 aliphatic rings. The number of nitrogens with zero attached hydrogens (tertiary/aromatic N) is 1. The lowest BCUT2D eigenvalue weighted by molar-refractivity contribution is 0.0522. The molecule has 1 aliphatic heterocycles. The predicted molar refractivity (Wildman–Crippen MR) is 175 cm³/mol. The average Bonchev–Trinajstić information content (AvgIpc) is 3.37. The van der Waals surface area contributed by atoms with Gasteiger partial charge >= 0.3 is 12.1 Å². The minimum Gasteiger partial charge on any atom is -0.493 e. The summed E-state index contributed by atoms with van der Waals surface area (Å²) in [6.07, 6.45) is 0.248. The Morgan fingerprint density at radius 2 is 1.71 bits per heavy atom. The summed E-state index contributed by atoms with van der Waals surface area (Å²) in [4.78, 5) is 44.8. The van der Waals surface area contributed by atoms with E-state index in [1.54, 1.807) is 30.4 Å². The van der Waals surface area contributed by atoms with Crippen LogP contribution in [0.25, 0.3) is 21.6 Å². The number of hydrogen-bond acceptors (Lipinski definition) is 8. The Balaban J connectivity index is 1.55. The smallest absolute Gasteiger partial charge is 0.407 e. The number of aromatic nitrogens is 1. The number of aryl methyl sites for hydroxylation is 3. The van der Waals surface area contributed by atoms with Crippen molar-refractivity contribution < 1.29 is 28.6 Å². The largest absolute Gasteiger partial charge is 0.493 e. The highest BCUT2D eigenvalue weighted by atomic mass is 32.1. The van der Waals surface area contributed by atoms with Gasteiger partial charge in [0.2, 0.25) is 0 Å². The van der Waals surface area contributed by atoms with Gasteiger partial charge in [-0.15, -0.1) is 11.3 Å². The van der Waals surface area contributed by atoms with E-state index in [-0.39, 0.29) is 18.1 Å². The molecule has 0 aliphatic carbocycles. The van der Waals surface area contributed by atoms with E-state index in [0.29, 0.717) is 40.4 Å². The topological polar surface area (TPSA) is 116 Å². The number of pyridine rings is 1. The summed E-state index contributed by atoms with van der Waals surface area (Å²) in [7, 11) is 1.31. The number of ether oxygens (including phenoxy) is 3. The normalized spacial score (nSPS) is 12.2. The number of amides is 2. The fraction of sp³-hybridized carbons (Fsp3) is 0.314. The first-order valence-corrected chi connectivity index (χ1v) is 15.5. The zero-order valence-corrected chi connectivity index (χ0v) is 27.4. The van der Waals surface area contributed by atoms with Gasteiger partial charge in [0.1, 0.15) is 11.4 Å². The average molecular weight is 628 g/mol. The van der Waals surface area contributed by atoms with Crippen LogP contribution in [0.4, 0.5) is 10.5 Å². The lowest BCUT2D eigenvalue weighted by Gasteiger charge is -2.20. The molecule has 10 heteroatoms. The molecule has 0 unspecified atom stereocenters. The van der Waals surface area contributed by atoms with E-state index in [1.165, 1.54) is 7.11 Å². The zero-order chi connectivity index (χ0) is 32.5. The molecule has 45 heavy (non-hydrogen) atoms. The number of benzene rings is 2. The Hall–Kier alpha value is -4.70. The molecule has 234 valence electrons. The Bertz CT molecular complexity index is 1780. The number of anilines is 1. The van der Waals surface area contributed by atoms with Gasteiger partial charge in [0, 0.05) is 51.5 Å². The number of methoxy groups -OCH3 is 1. The summed E-state index contributed by atoms with van der Waals surface area (Å²) in [6.45, 7) is 11.8. The maximum atomic E-state index is 14.2. The molecule has 0 saturated carbocycles. The van der Waals surface area contributed by atoms with Crippen molar-refractivity contribution in [3.8, 4) is 27.3 Å². The number of carbonyl (C=O) groups is 3. The van der Waals surface area contributed by atoms with Gasteiger partial charge in [-0.1, -0.05) is 18.2 Å². The van der Waals surface area contributed by atoms with E-state index in [4.69, 9.17) is 14.2 Å². The van der Waals surface area contributed by atoms with E-state index in [2.05, 4.69) is 21.7 Å². The summed E-state index contributed by atoms with van der Waals surface area (Å²) in [5, 5.41) is 7.94. The standard InChI is InChI=1S/C35H37N3O6S/c1-19-14-22(18-36-34(41)44-35(4,5)6)15-20(2)29(19)38-32(39)26-16-27-28(43-12-10-23-11-13-45-31(23)27)17-25(26)24-9-8-21(3)37-30(24)33(40)42-7/h8-9,11,13-17H,10,12,18H2,1-7H3,(H,36,41)(H,38,39). The van der Waals surface area contributed by atoms with Crippen molar-refractivity contribution in [3.05, 3.63) is 87.0 Å². The van der Waals surface area contributed by atoms with E-state index in [1.807, 2.05) is 64.3 Å². The monoisotopic (exact) mass is 627 g/mol. The second-order valence-electron chi connectivity index (χ2n) is 12.0. The van der Waals surface area contributed by atoms with E-state index in [9.17, 15) is 14.4 Å². The van der Waals surface area contributed by atoms with Gasteiger partial charge in [-0.2, -0.15) is 0 Å². The first kappa shape index (κ1) is 31.7. The second kappa shape index (κ2) is 12.7. The summed E-state index contributed by atoms with van der Waals surface area (Å²) >= 11 is 1.60. The van der Waals surface area contributed by atoms with Crippen molar-refractivity contribution in [1.29, 1.82) is 0 Å². The Morgan fingerprint density at radius 1 is 0.978 bits per heavy atom. The molecule has 4 aromatic rings. The number of alkyl carbamates (subject to hydrolysis) is 1. The van der Waals surface area contributed by atoms with Crippen LogP contribution in [0, 0.1) is 20.8 Å². The van der Waals surface area contributed by atoms with Gasteiger partial charge in [-0.3, -0.25) is 4.79 Å². The van der Waals surface area contributed by atoms with Crippen LogP contribution in [0.2, 0.25) is 0 Å². The number of thiophene rings is 1. The fourth-order valence-electron chi connectivity index (χ4n) is 5.38. The number of esters is 1. The van der Waals surface area contributed by atoms with Crippen molar-refractivity contribution in [2.75, 3.05) is 19.0 Å². The molecular formula is C35H37N3O6S. The minimum atomic E-state index is -0.598. The molecule has 5 rings (SSSR count). The van der Waals surface area contributed by atoms with Crippen LogP contribution < -0.4 is 15.4 Å². The van der Waals surface area contributed by atoms with Crippen molar-refractivity contribution in [2.45, 2.75) is 60.1 Å². The summed E-state index contributed by atoms with van der Waals surface area (Å²) < 4.78 is 16.6. The first-order valence-electron chi connectivity index (χ1n) is 14.7. The molecule has 0 atom stereocenters. The van der Waals surface area contributed by atoms with Crippen molar-refractivity contribution in [1.82, 2.24) is 10.3 Å². The third-order valence-corrected chi connectivity index (χ3v) is 8.34. The molecule has 0 fully saturated rings. The Kier molecular flexibility index (Phi) is 8.97. The Labute approximate surface area is 266 Å². The first-order chi connectivity index (χ1) is 21.3. The van der Waals surface area contributed by atoms with Crippen LogP contribution in [0.5, 0.6) is 5.75 Å². The number of nitrogens with one attached hydrogen (secondary N) is 2. The molecule has 2 amide bonds.